The fraction of sp³-hybridized carbons (Fsp3) is 0.448. The quantitative estimate of drug-likeness (QED) is 0.352. The van der Waals surface area contributed by atoms with Crippen molar-refractivity contribution in [2.75, 3.05) is 20.3 Å². The molecule has 2 aromatic carbocycles. The molecule has 0 spiro atoms. The Morgan fingerprint density at radius 1 is 1.21 bits per heavy atom. The van der Waals surface area contributed by atoms with Crippen LogP contribution in [0.2, 0.25) is 0 Å². The van der Waals surface area contributed by atoms with Crippen molar-refractivity contribution in [2.45, 2.75) is 63.7 Å². The van der Waals surface area contributed by atoms with Gasteiger partial charge >= 0.3 is 0 Å². The summed E-state index contributed by atoms with van der Waals surface area (Å²) in [5.41, 5.74) is 2.94. The van der Waals surface area contributed by atoms with Crippen molar-refractivity contribution in [3.8, 4) is 5.75 Å². The molecule has 204 valence electrons. The van der Waals surface area contributed by atoms with Crippen molar-refractivity contribution in [1.29, 1.82) is 0 Å². The molecule has 8 nitrogen and oxygen atoms in total. The first-order valence-corrected chi connectivity index (χ1v) is 14.7. The van der Waals surface area contributed by atoms with Crippen LogP contribution in [0.1, 0.15) is 53.9 Å². The van der Waals surface area contributed by atoms with Crippen LogP contribution < -0.4 is 4.74 Å². The van der Waals surface area contributed by atoms with Crippen molar-refractivity contribution >= 4 is 15.7 Å². The van der Waals surface area contributed by atoms with E-state index in [0.717, 1.165) is 24.0 Å². The topological polar surface area (TPSA) is 90.7 Å². The standard InChI is InChI=1S/C29H37N3O5S/c1-21(2)17-32-25(16-30-29(32)38(34,35)20-23-8-5-7-22(3)15-23)18-31(19-27-9-6-14-37-27)28(33)24-10-12-26(36-4)13-11-24/h5,7-8,10-13,15-16,21,27H,6,9,14,17-20H2,1-4H3/t27-/m1/s1. The van der Waals surface area contributed by atoms with Crippen LogP contribution in [-0.2, 0) is 33.4 Å². The molecule has 1 amide bonds. The van der Waals surface area contributed by atoms with E-state index < -0.39 is 9.84 Å². The lowest BCUT2D eigenvalue weighted by Gasteiger charge is -2.26. The summed E-state index contributed by atoms with van der Waals surface area (Å²) in [6, 6.07) is 14.5. The monoisotopic (exact) mass is 539 g/mol. The molecule has 0 radical (unpaired) electrons. The van der Waals surface area contributed by atoms with Gasteiger partial charge in [-0.3, -0.25) is 4.79 Å². The Bertz CT molecular complexity index is 1340. The van der Waals surface area contributed by atoms with E-state index in [2.05, 4.69) is 4.98 Å². The number of aromatic nitrogens is 2. The summed E-state index contributed by atoms with van der Waals surface area (Å²) in [6.07, 6.45) is 3.38. The number of carbonyl (C=O) groups excluding carboxylic acids is 1. The van der Waals surface area contributed by atoms with E-state index in [1.165, 1.54) is 0 Å². The molecule has 0 saturated carbocycles. The Morgan fingerprint density at radius 3 is 2.61 bits per heavy atom. The first-order valence-electron chi connectivity index (χ1n) is 13.0. The summed E-state index contributed by atoms with van der Waals surface area (Å²) >= 11 is 0. The Morgan fingerprint density at radius 2 is 1.97 bits per heavy atom. The number of nitrogens with zero attached hydrogens (tertiary/aromatic N) is 3. The average Bonchev–Trinajstić information content (AvgIpc) is 3.53. The molecule has 0 bridgehead atoms. The first kappa shape index (κ1) is 27.9. The Kier molecular flexibility index (Phi) is 8.89. The number of imidazole rings is 1. The molecule has 9 heteroatoms. The van der Waals surface area contributed by atoms with E-state index in [0.29, 0.717) is 36.7 Å². The third-order valence-corrected chi connectivity index (χ3v) is 8.19. The minimum Gasteiger partial charge on any atom is -0.497 e. The van der Waals surface area contributed by atoms with Crippen LogP contribution in [0, 0.1) is 12.8 Å². The van der Waals surface area contributed by atoms with Gasteiger partial charge in [0, 0.05) is 25.3 Å². The van der Waals surface area contributed by atoms with Crippen LogP contribution in [0.15, 0.2) is 59.9 Å². The molecular weight excluding hydrogens is 502 g/mol. The van der Waals surface area contributed by atoms with Gasteiger partial charge < -0.3 is 18.9 Å². The summed E-state index contributed by atoms with van der Waals surface area (Å²) in [4.78, 5) is 19.8. The number of sulfone groups is 1. The van der Waals surface area contributed by atoms with Crippen LogP contribution in [0.4, 0.5) is 0 Å². The molecule has 38 heavy (non-hydrogen) atoms. The van der Waals surface area contributed by atoms with Gasteiger partial charge in [-0.15, -0.1) is 0 Å². The van der Waals surface area contributed by atoms with Crippen LogP contribution in [0.25, 0.3) is 0 Å². The minimum absolute atomic E-state index is 0.0386. The second-order valence-electron chi connectivity index (χ2n) is 10.3. The maximum absolute atomic E-state index is 13.6. The van der Waals surface area contributed by atoms with Crippen molar-refractivity contribution < 1.29 is 22.7 Å². The van der Waals surface area contributed by atoms with Crippen LogP contribution >= 0.6 is 0 Å². The van der Waals surface area contributed by atoms with Crippen molar-refractivity contribution in [1.82, 2.24) is 14.5 Å². The predicted molar refractivity (Wildman–Crippen MR) is 146 cm³/mol. The fourth-order valence-corrected chi connectivity index (χ4v) is 6.27. The number of hydrogen-bond donors (Lipinski definition) is 0. The molecule has 3 aromatic rings. The molecule has 1 saturated heterocycles. The zero-order chi connectivity index (χ0) is 27.3. The van der Waals surface area contributed by atoms with Crippen molar-refractivity contribution in [3.05, 3.63) is 77.1 Å². The van der Waals surface area contributed by atoms with Crippen LogP contribution in [0.3, 0.4) is 0 Å². The maximum Gasteiger partial charge on any atom is 0.254 e. The summed E-state index contributed by atoms with van der Waals surface area (Å²) in [6.45, 7) is 7.81. The third-order valence-electron chi connectivity index (χ3n) is 6.59. The lowest BCUT2D eigenvalue weighted by atomic mass is 10.1. The van der Waals surface area contributed by atoms with Crippen molar-refractivity contribution in [2.24, 2.45) is 5.92 Å². The lowest BCUT2D eigenvalue weighted by Crippen LogP contribution is -2.37. The van der Waals surface area contributed by atoms with E-state index in [4.69, 9.17) is 9.47 Å². The fourth-order valence-electron chi connectivity index (χ4n) is 4.78. The second-order valence-corrected chi connectivity index (χ2v) is 12.2. The summed E-state index contributed by atoms with van der Waals surface area (Å²) < 4.78 is 39.9. The predicted octanol–water partition coefficient (Wildman–Crippen LogP) is 4.65. The van der Waals surface area contributed by atoms with Gasteiger partial charge in [-0.1, -0.05) is 43.7 Å². The molecule has 1 fully saturated rings. The Balaban J connectivity index is 1.66. The summed E-state index contributed by atoms with van der Waals surface area (Å²) in [7, 11) is -2.13. The van der Waals surface area contributed by atoms with Gasteiger partial charge in [0.25, 0.3) is 5.91 Å². The molecule has 0 unspecified atom stereocenters. The number of methoxy groups -OCH3 is 1. The highest BCUT2D eigenvalue weighted by atomic mass is 32.2. The number of carbonyl (C=O) groups is 1. The maximum atomic E-state index is 13.6. The van der Waals surface area contributed by atoms with Gasteiger partial charge in [-0.2, -0.15) is 0 Å². The number of amides is 1. The van der Waals surface area contributed by atoms with E-state index in [1.807, 2.05) is 45.0 Å². The van der Waals surface area contributed by atoms with E-state index in [9.17, 15) is 13.2 Å². The Labute approximate surface area is 225 Å². The number of rotatable bonds is 11. The number of aryl methyl sites for hydroxylation is 1. The highest BCUT2D eigenvalue weighted by Gasteiger charge is 2.28. The molecule has 1 aliphatic rings. The molecule has 0 aliphatic carbocycles. The summed E-state index contributed by atoms with van der Waals surface area (Å²) in [5, 5.41) is 0.0386. The highest BCUT2D eigenvalue weighted by Crippen LogP contribution is 2.23. The Hall–Kier alpha value is -3.17. The number of hydrogen-bond acceptors (Lipinski definition) is 6. The van der Waals surface area contributed by atoms with Crippen molar-refractivity contribution in [3.63, 3.8) is 0 Å². The molecule has 1 atom stereocenters. The van der Waals surface area contributed by atoms with Crippen LogP contribution in [0.5, 0.6) is 5.75 Å². The number of ether oxygens (including phenoxy) is 2. The summed E-state index contributed by atoms with van der Waals surface area (Å²) in [5.74, 6) is 0.572. The lowest BCUT2D eigenvalue weighted by molar-refractivity contribution is 0.0501. The third kappa shape index (κ3) is 6.82. The molecular formula is C29H37N3O5S. The molecule has 1 aliphatic heterocycles. The first-order chi connectivity index (χ1) is 18.2. The highest BCUT2D eigenvalue weighted by molar-refractivity contribution is 7.90. The van der Waals surface area contributed by atoms with Gasteiger partial charge in [0.05, 0.1) is 37.4 Å². The van der Waals surface area contributed by atoms with Gasteiger partial charge in [0.1, 0.15) is 5.75 Å². The van der Waals surface area contributed by atoms with Gasteiger partial charge in [0.15, 0.2) is 0 Å². The normalized spacial score (nSPS) is 15.7. The second kappa shape index (κ2) is 12.1. The average molecular weight is 540 g/mol. The molecule has 1 aromatic heterocycles. The van der Waals surface area contributed by atoms with Crippen LogP contribution in [-0.4, -0.2) is 55.1 Å². The SMILES string of the molecule is COc1ccc(C(=O)N(Cc2cnc(S(=O)(=O)Cc3cccc(C)c3)n2CC(C)C)C[C@H]2CCCO2)cc1. The molecule has 4 rings (SSSR count). The van der Waals surface area contributed by atoms with Gasteiger partial charge in [-0.05, 0) is 55.5 Å². The van der Waals surface area contributed by atoms with E-state index >= 15 is 0 Å². The van der Waals surface area contributed by atoms with E-state index in [-0.39, 0.29) is 35.4 Å². The smallest absolute Gasteiger partial charge is 0.254 e. The zero-order valence-electron chi connectivity index (χ0n) is 22.6. The molecule has 0 N–H and O–H groups in total. The largest absolute Gasteiger partial charge is 0.497 e. The number of benzene rings is 2. The van der Waals surface area contributed by atoms with Gasteiger partial charge in [-0.25, -0.2) is 13.4 Å². The van der Waals surface area contributed by atoms with E-state index in [1.54, 1.807) is 47.0 Å². The van der Waals surface area contributed by atoms with Gasteiger partial charge in [0.2, 0.25) is 15.0 Å². The minimum atomic E-state index is -3.71. The zero-order valence-corrected chi connectivity index (χ0v) is 23.4. The molecule has 2 heterocycles.